The third-order valence-corrected chi connectivity index (χ3v) is 5.09. The van der Waals surface area contributed by atoms with E-state index in [1.807, 2.05) is 4.90 Å². The summed E-state index contributed by atoms with van der Waals surface area (Å²) in [5.41, 5.74) is 1.06. The standard InChI is InChI=1S/C19H23N3O2/c20-13-14-4-3-7-16(12-14)19(24)22-10-8-17(9-11-22)21-18(23)15-5-1-2-6-15/h3-4,7,12,15,17H,1-2,5-6,8-11H2,(H,21,23). The number of hydrogen-bond donors (Lipinski definition) is 1. The van der Waals surface area contributed by atoms with Crippen LogP contribution in [0.1, 0.15) is 54.4 Å². The monoisotopic (exact) mass is 325 g/mol. The molecular weight excluding hydrogens is 302 g/mol. The Labute approximate surface area is 142 Å². The van der Waals surface area contributed by atoms with Crippen molar-refractivity contribution < 1.29 is 9.59 Å². The van der Waals surface area contributed by atoms with Crippen molar-refractivity contribution in [2.24, 2.45) is 5.92 Å². The second kappa shape index (κ2) is 7.48. The molecule has 0 radical (unpaired) electrons. The van der Waals surface area contributed by atoms with Gasteiger partial charge in [0.1, 0.15) is 0 Å². The molecule has 2 fully saturated rings. The van der Waals surface area contributed by atoms with Crippen LogP contribution in [0.25, 0.3) is 0 Å². The van der Waals surface area contributed by atoms with Crippen LogP contribution in [0, 0.1) is 17.2 Å². The first-order chi connectivity index (χ1) is 11.7. The van der Waals surface area contributed by atoms with E-state index in [2.05, 4.69) is 11.4 Å². The highest BCUT2D eigenvalue weighted by molar-refractivity contribution is 5.94. The van der Waals surface area contributed by atoms with Crippen LogP contribution >= 0.6 is 0 Å². The van der Waals surface area contributed by atoms with Crippen LogP contribution in [0.15, 0.2) is 24.3 Å². The third kappa shape index (κ3) is 3.76. The fourth-order valence-electron chi connectivity index (χ4n) is 3.64. The number of carbonyl (C=O) groups excluding carboxylic acids is 2. The Balaban J connectivity index is 1.52. The van der Waals surface area contributed by atoms with E-state index in [1.54, 1.807) is 24.3 Å². The predicted molar refractivity (Wildman–Crippen MR) is 90.2 cm³/mol. The number of rotatable bonds is 3. The first kappa shape index (κ1) is 16.5. The first-order valence-electron chi connectivity index (χ1n) is 8.77. The van der Waals surface area contributed by atoms with E-state index in [1.165, 1.54) is 0 Å². The van der Waals surface area contributed by atoms with Gasteiger partial charge in [-0.3, -0.25) is 9.59 Å². The molecule has 2 aliphatic rings. The highest BCUT2D eigenvalue weighted by Crippen LogP contribution is 2.25. The van der Waals surface area contributed by atoms with Crippen LogP contribution in [0.4, 0.5) is 0 Å². The molecule has 0 unspecified atom stereocenters. The average molecular weight is 325 g/mol. The van der Waals surface area contributed by atoms with Crippen LogP contribution in [0.3, 0.4) is 0 Å². The van der Waals surface area contributed by atoms with Crippen molar-refractivity contribution in [1.29, 1.82) is 5.26 Å². The van der Waals surface area contributed by atoms with Crippen molar-refractivity contribution in [1.82, 2.24) is 10.2 Å². The maximum atomic E-state index is 12.5. The quantitative estimate of drug-likeness (QED) is 0.928. The number of nitrogens with one attached hydrogen (secondary N) is 1. The number of hydrogen-bond acceptors (Lipinski definition) is 3. The summed E-state index contributed by atoms with van der Waals surface area (Å²) in [5.74, 6) is 0.352. The molecular formula is C19H23N3O2. The molecule has 1 aliphatic carbocycles. The maximum absolute atomic E-state index is 12.5. The lowest BCUT2D eigenvalue weighted by Gasteiger charge is -2.33. The van der Waals surface area contributed by atoms with E-state index in [-0.39, 0.29) is 23.8 Å². The lowest BCUT2D eigenvalue weighted by Crippen LogP contribution is -2.47. The minimum atomic E-state index is -0.0346. The maximum Gasteiger partial charge on any atom is 0.253 e. The highest BCUT2D eigenvalue weighted by Gasteiger charge is 2.28. The van der Waals surface area contributed by atoms with Gasteiger partial charge in [0.2, 0.25) is 5.91 Å². The molecule has 5 heteroatoms. The molecule has 0 bridgehead atoms. The van der Waals surface area contributed by atoms with E-state index >= 15 is 0 Å². The second-order valence-corrected chi connectivity index (χ2v) is 6.75. The molecule has 24 heavy (non-hydrogen) atoms. The van der Waals surface area contributed by atoms with Crippen LogP contribution < -0.4 is 5.32 Å². The largest absolute Gasteiger partial charge is 0.353 e. The Kier molecular flexibility index (Phi) is 5.14. The molecule has 1 aliphatic heterocycles. The SMILES string of the molecule is N#Cc1cccc(C(=O)N2CCC(NC(=O)C3CCCC3)CC2)c1. The summed E-state index contributed by atoms with van der Waals surface area (Å²) in [6.45, 7) is 1.29. The van der Waals surface area contributed by atoms with Gasteiger partial charge in [-0.1, -0.05) is 18.9 Å². The van der Waals surface area contributed by atoms with E-state index in [0.29, 0.717) is 24.2 Å². The molecule has 0 aromatic heterocycles. The van der Waals surface area contributed by atoms with Crippen molar-refractivity contribution in [3.8, 4) is 6.07 Å². The molecule has 126 valence electrons. The van der Waals surface area contributed by atoms with Gasteiger partial charge in [0, 0.05) is 30.6 Å². The number of amides is 2. The molecule has 1 saturated heterocycles. The summed E-state index contributed by atoms with van der Waals surface area (Å²) >= 11 is 0. The first-order valence-corrected chi connectivity index (χ1v) is 8.77. The second-order valence-electron chi connectivity index (χ2n) is 6.75. The molecule has 0 atom stereocenters. The fraction of sp³-hybridized carbons (Fsp3) is 0.526. The van der Waals surface area contributed by atoms with Gasteiger partial charge in [-0.25, -0.2) is 0 Å². The molecule has 1 aromatic rings. The number of likely N-dealkylation sites (tertiary alicyclic amines) is 1. The van der Waals surface area contributed by atoms with Gasteiger partial charge in [-0.2, -0.15) is 5.26 Å². The molecule has 1 aromatic carbocycles. The number of piperidine rings is 1. The zero-order chi connectivity index (χ0) is 16.9. The molecule has 1 heterocycles. The van der Waals surface area contributed by atoms with Gasteiger partial charge < -0.3 is 10.2 Å². The molecule has 1 saturated carbocycles. The van der Waals surface area contributed by atoms with Crippen molar-refractivity contribution in [3.05, 3.63) is 35.4 Å². The van der Waals surface area contributed by atoms with Gasteiger partial charge in [-0.15, -0.1) is 0 Å². The van der Waals surface area contributed by atoms with E-state index in [4.69, 9.17) is 5.26 Å². The van der Waals surface area contributed by atoms with Crippen molar-refractivity contribution in [2.75, 3.05) is 13.1 Å². The summed E-state index contributed by atoms with van der Waals surface area (Å²) in [4.78, 5) is 26.5. The smallest absolute Gasteiger partial charge is 0.253 e. The minimum absolute atomic E-state index is 0.0346. The van der Waals surface area contributed by atoms with Crippen LogP contribution in [-0.2, 0) is 4.79 Å². The Morgan fingerprint density at radius 3 is 2.50 bits per heavy atom. The number of nitrogens with zero attached hydrogens (tertiary/aromatic N) is 2. The normalized spacial score (nSPS) is 19.0. The minimum Gasteiger partial charge on any atom is -0.353 e. The summed E-state index contributed by atoms with van der Waals surface area (Å²) in [6, 6.07) is 9.05. The zero-order valence-electron chi connectivity index (χ0n) is 13.8. The van der Waals surface area contributed by atoms with Gasteiger partial charge in [0.05, 0.1) is 11.6 Å². The molecule has 1 N–H and O–H groups in total. The van der Waals surface area contributed by atoms with Crippen LogP contribution in [0.5, 0.6) is 0 Å². The summed E-state index contributed by atoms with van der Waals surface area (Å²) in [5, 5.41) is 12.1. The Morgan fingerprint density at radius 2 is 1.83 bits per heavy atom. The van der Waals surface area contributed by atoms with Gasteiger partial charge in [0.25, 0.3) is 5.91 Å². The van der Waals surface area contributed by atoms with Crippen molar-refractivity contribution >= 4 is 11.8 Å². The zero-order valence-corrected chi connectivity index (χ0v) is 13.8. The van der Waals surface area contributed by atoms with E-state index in [9.17, 15) is 9.59 Å². The third-order valence-electron chi connectivity index (χ3n) is 5.09. The van der Waals surface area contributed by atoms with Gasteiger partial charge >= 0.3 is 0 Å². The van der Waals surface area contributed by atoms with Gasteiger partial charge in [0.15, 0.2) is 0 Å². The molecule has 5 nitrogen and oxygen atoms in total. The van der Waals surface area contributed by atoms with Crippen LogP contribution in [0.2, 0.25) is 0 Å². The Morgan fingerprint density at radius 1 is 1.12 bits per heavy atom. The number of benzene rings is 1. The lowest BCUT2D eigenvalue weighted by atomic mass is 10.0. The average Bonchev–Trinajstić information content (AvgIpc) is 3.16. The highest BCUT2D eigenvalue weighted by atomic mass is 16.2. The summed E-state index contributed by atoms with van der Waals surface area (Å²) < 4.78 is 0. The van der Waals surface area contributed by atoms with Crippen molar-refractivity contribution in [2.45, 2.75) is 44.6 Å². The Hall–Kier alpha value is -2.35. The summed E-state index contributed by atoms with van der Waals surface area (Å²) in [7, 11) is 0. The van der Waals surface area contributed by atoms with E-state index in [0.717, 1.165) is 38.5 Å². The molecule has 3 rings (SSSR count). The fourth-order valence-corrected chi connectivity index (χ4v) is 3.64. The Bertz CT molecular complexity index is 651. The van der Waals surface area contributed by atoms with Crippen LogP contribution in [-0.4, -0.2) is 35.8 Å². The number of nitriles is 1. The molecule has 0 spiro atoms. The molecule has 2 amide bonds. The van der Waals surface area contributed by atoms with E-state index < -0.39 is 0 Å². The van der Waals surface area contributed by atoms with Gasteiger partial charge in [-0.05, 0) is 43.9 Å². The summed E-state index contributed by atoms with van der Waals surface area (Å²) in [6.07, 6.45) is 5.93. The number of carbonyl (C=O) groups is 2. The van der Waals surface area contributed by atoms with Crippen molar-refractivity contribution in [3.63, 3.8) is 0 Å². The lowest BCUT2D eigenvalue weighted by molar-refractivity contribution is -0.125. The topological polar surface area (TPSA) is 73.2 Å². The predicted octanol–water partition coefficient (Wildman–Crippen LogP) is 2.47.